The van der Waals surface area contributed by atoms with Gasteiger partial charge in [-0.2, -0.15) is 8.78 Å². The molecule has 1 saturated heterocycles. The van der Waals surface area contributed by atoms with Crippen molar-refractivity contribution in [3.63, 3.8) is 0 Å². The van der Waals surface area contributed by atoms with E-state index in [0.717, 1.165) is 0 Å². The molecule has 0 bridgehead atoms. The molecular weight excluding hydrogens is 396 g/mol. The molecule has 2 N–H and O–H groups in total. The third kappa shape index (κ3) is 5.59. The van der Waals surface area contributed by atoms with Gasteiger partial charge in [0.2, 0.25) is 5.91 Å². The number of halogens is 2. The fraction of sp³-hybridized carbons (Fsp3) is 0.333. The molecule has 7 nitrogen and oxygen atoms in total. The Morgan fingerprint density at radius 1 is 1.00 bits per heavy atom. The molecule has 0 spiro atoms. The van der Waals surface area contributed by atoms with E-state index >= 15 is 0 Å². The van der Waals surface area contributed by atoms with Crippen LogP contribution in [0.4, 0.5) is 25.0 Å². The van der Waals surface area contributed by atoms with Crippen LogP contribution in [-0.4, -0.2) is 43.6 Å². The summed E-state index contributed by atoms with van der Waals surface area (Å²) in [5.41, 5.74) is 1.05. The van der Waals surface area contributed by atoms with Gasteiger partial charge in [-0.25, -0.2) is 4.79 Å². The maximum Gasteiger partial charge on any atom is 0.387 e. The van der Waals surface area contributed by atoms with E-state index in [0.29, 0.717) is 37.3 Å². The van der Waals surface area contributed by atoms with E-state index in [9.17, 15) is 18.4 Å². The van der Waals surface area contributed by atoms with Crippen molar-refractivity contribution in [1.82, 2.24) is 4.90 Å². The van der Waals surface area contributed by atoms with E-state index in [4.69, 9.17) is 4.74 Å². The number of methoxy groups -OCH3 is 1. The highest BCUT2D eigenvalue weighted by atomic mass is 19.3. The van der Waals surface area contributed by atoms with Crippen LogP contribution in [0.2, 0.25) is 0 Å². The number of carbonyl (C=O) groups is 2. The smallest absolute Gasteiger partial charge is 0.387 e. The van der Waals surface area contributed by atoms with Crippen molar-refractivity contribution in [3.05, 3.63) is 48.5 Å². The quantitative estimate of drug-likeness (QED) is 0.736. The number of para-hydroxylation sites is 1. The number of urea groups is 1. The van der Waals surface area contributed by atoms with E-state index < -0.39 is 6.61 Å². The van der Waals surface area contributed by atoms with E-state index in [-0.39, 0.29) is 29.4 Å². The number of nitrogens with zero attached hydrogens (tertiary/aromatic N) is 1. The van der Waals surface area contributed by atoms with E-state index in [1.54, 1.807) is 23.1 Å². The molecule has 3 rings (SSSR count). The number of hydrogen-bond donors (Lipinski definition) is 2. The standard InChI is InChI=1S/C21H23F2N3O4/c1-29-17-8-7-16(13-18(17)30-20(22)23)24-19(27)14-9-11-26(12-10-14)21(28)25-15-5-3-2-4-6-15/h2-8,13-14,20H,9-12H2,1H3,(H,24,27)(H,25,28). The van der Waals surface area contributed by atoms with Gasteiger partial charge in [0.1, 0.15) is 0 Å². The van der Waals surface area contributed by atoms with Gasteiger partial charge >= 0.3 is 12.6 Å². The van der Waals surface area contributed by atoms with Gasteiger partial charge in [0.15, 0.2) is 11.5 Å². The molecular formula is C21H23F2N3O4. The Morgan fingerprint density at radius 3 is 2.33 bits per heavy atom. The molecule has 3 amide bonds. The molecule has 1 aliphatic heterocycles. The van der Waals surface area contributed by atoms with Gasteiger partial charge < -0.3 is 25.0 Å². The largest absolute Gasteiger partial charge is 0.493 e. The summed E-state index contributed by atoms with van der Waals surface area (Å²) in [6.07, 6.45) is 1.01. The summed E-state index contributed by atoms with van der Waals surface area (Å²) in [7, 11) is 1.34. The monoisotopic (exact) mass is 419 g/mol. The van der Waals surface area contributed by atoms with Crippen molar-refractivity contribution in [3.8, 4) is 11.5 Å². The van der Waals surface area contributed by atoms with Gasteiger partial charge in [0.05, 0.1) is 7.11 Å². The summed E-state index contributed by atoms with van der Waals surface area (Å²) in [6, 6.07) is 13.2. The first-order chi connectivity index (χ1) is 14.5. The summed E-state index contributed by atoms with van der Waals surface area (Å²) < 4.78 is 34.5. The van der Waals surface area contributed by atoms with Crippen LogP contribution in [0.1, 0.15) is 12.8 Å². The van der Waals surface area contributed by atoms with Crippen LogP contribution in [0.3, 0.4) is 0 Å². The Bertz CT molecular complexity index is 872. The number of likely N-dealkylation sites (tertiary alicyclic amines) is 1. The van der Waals surface area contributed by atoms with Crippen LogP contribution in [0.25, 0.3) is 0 Å². The van der Waals surface area contributed by atoms with E-state index in [1.807, 2.05) is 18.2 Å². The fourth-order valence-electron chi connectivity index (χ4n) is 3.26. The number of carbonyl (C=O) groups excluding carboxylic acids is 2. The maximum atomic E-state index is 12.6. The van der Waals surface area contributed by atoms with Gasteiger partial charge in [-0.15, -0.1) is 0 Å². The van der Waals surface area contributed by atoms with Gasteiger partial charge in [-0.1, -0.05) is 18.2 Å². The number of amides is 3. The molecule has 1 heterocycles. The molecule has 30 heavy (non-hydrogen) atoms. The first-order valence-electron chi connectivity index (χ1n) is 9.51. The molecule has 160 valence electrons. The number of ether oxygens (including phenoxy) is 2. The molecule has 0 aliphatic carbocycles. The molecule has 9 heteroatoms. The molecule has 2 aromatic rings. The SMILES string of the molecule is COc1ccc(NC(=O)C2CCN(C(=O)Nc3ccccc3)CC2)cc1OC(F)F. The highest BCUT2D eigenvalue weighted by Crippen LogP contribution is 2.32. The van der Waals surface area contributed by atoms with Crippen LogP contribution in [0.5, 0.6) is 11.5 Å². The van der Waals surface area contributed by atoms with Crippen LogP contribution >= 0.6 is 0 Å². The Balaban J connectivity index is 1.53. The number of anilines is 2. The molecule has 0 aromatic heterocycles. The topological polar surface area (TPSA) is 79.9 Å². The number of nitrogens with one attached hydrogen (secondary N) is 2. The Labute approximate surface area is 173 Å². The molecule has 1 fully saturated rings. The second-order valence-corrected chi connectivity index (χ2v) is 6.79. The van der Waals surface area contributed by atoms with Crippen LogP contribution in [-0.2, 0) is 4.79 Å². The minimum atomic E-state index is -3.00. The second kappa shape index (κ2) is 9.91. The summed E-state index contributed by atoms with van der Waals surface area (Å²) >= 11 is 0. The lowest BCUT2D eigenvalue weighted by Crippen LogP contribution is -2.43. The average Bonchev–Trinajstić information content (AvgIpc) is 2.74. The average molecular weight is 419 g/mol. The lowest BCUT2D eigenvalue weighted by molar-refractivity contribution is -0.121. The number of piperidine rings is 1. The minimum Gasteiger partial charge on any atom is -0.493 e. The third-order valence-electron chi connectivity index (χ3n) is 4.83. The van der Waals surface area contributed by atoms with Crippen LogP contribution in [0.15, 0.2) is 48.5 Å². The Morgan fingerprint density at radius 2 is 1.70 bits per heavy atom. The summed E-state index contributed by atoms with van der Waals surface area (Å²) in [4.78, 5) is 26.6. The van der Waals surface area contributed by atoms with E-state index in [2.05, 4.69) is 15.4 Å². The first kappa shape index (κ1) is 21.4. The predicted molar refractivity (Wildman–Crippen MR) is 108 cm³/mol. The lowest BCUT2D eigenvalue weighted by Gasteiger charge is -2.31. The van der Waals surface area contributed by atoms with Crippen LogP contribution in [0, 0.1) is 5.92 Å². The number of hydrogen-bond acceptors (Lipinski definition) is 4. The molecule has 1 aliphatic rings. The van der Waals surface area contributed by atoms with Crippen LogP contribution < -0.4 is 20.1 Å². The molecule has 2 aromatic carbocycles. The summed E-state index contributed by atoms with van der Waals surface area (Å²) in [5.74, 6) is -0.526. The molecule has 0 saturated carbocycles. The number of rotatable bonds is 6. The Hall–Kier alpha value is -3.36. The van der Waals surface area contributed by atoms with Crippen molar-refractivity contribution in [2.75, 3.05) is 30.8 Å². The highest BCUT2D eigenvalue weighted by molar-refractivity contribution is 5.93. The van der Waals surface area contributed by atoms with Gasteiger partial charge in [-0.05, 0) is 37.1 Å². The summed E-state index contributed by atoms with van der Waals surface area (Å²) in [6.45, 7) is -2.12. The number of alkyl halides is 2. The van der Waals surface area contributed by atoms with Gasteiger partial charge in [0, 0.05) is 36.4 Å². The summed E-state index contributed by atoms with van der Waals surface area (Å²) in [5, 5.41) is 5.55. The third-order valence-corrected chi connectivity index (χ3v) is 4.83. The normalized spacial score (nSPS) is 14.3. The molecule has 0 radical (unpaired) electrons. The number of benzene rings is 2. The maximum absolute atomic E-state index is 12.6. The van der Waals surface area contributed by atoms with E-state index in [1.165, 1.54) is 19.2 Å². The zero-order valence-electron chi connectivity index (χ0n) is 16.4. The first-order valence-corrected chi connectivity index (χ1v) is 9.51. The highest BCUT2D eigenvalue weighted by Gasteiger charge is 2.27. The van der Waals surface area contributed by atoms with Crippen molar-refractivity contribution in [2.24, 2.45) is 5.92 Å². The zero-order valence-corrected chi connectivity index (χ0v) is 16.4. The van der Waals surface area contributed by atoms with Crippen molar-refractivity contribution in [1.29, 1.82) is 0 Å². The minimum absolute atomic E-state index is 0.144. The second-order valence-electron chi connectivity index (χ2n) is 6.79. The molecule has 0 unspecified atom stereocenters. The lowest BCUT2D eigenvalue weighted by atomic mass is 9.96. The zero-order chi connectivity index (χ0) is 21.5. The van der Waals surface area contributed by atoms with Gasteiger partial charge in [-0.3, -0.25) is 4.79 Å². The van der Waals surface area contributed by atoms with Gasteiger partial charge in [0.25, 0.3) is 0 Å². The predicted octanol–water partition coefficient (Wildman–Crippen LogP) is 4.18. The Kier molecular flexibility index (Phi) is 7.05. The van der Waals surface area contributed by atoms with Crippen molar-refractivity contribution < 1.29 is 27.8 Å². The van der Waals surface area contributed by atoms with Crippen molar-refractivity contribution in [2.45, 2.75) is 19.5 Å². The fourth-order valence-corrected chi connectivity index (χ4v) is 3.26. The molecule has 0 atom stereocenters. The van der Waals surface area contributed by atoms with Crippen molar-refractivity contribution >= 4 is 23.3 Å².